The van der Waals surface area contributed by atoms with E-state index in [-0.39, 0.29) is 6.42 Å². The van der Waals surface area contributed by atoms with E-state index in [1.807, 2.05) is 12.1 Å². The van der Waals surface area contributed by atoms with Crippen LogP contribution < -0.4 is 5.32 Å². The monoisotopic (exact) mass is 267 g/mol. The van der Waals surface area contributed by atoms with Crippen LogP contribution in [0.5, 0.6) is 0 Å². The molecule has 100 valence electrons. The molecule has 18 heavy (non-hydrogen) atoms. The standard InChI is InChI=1S/C14H21NO2S/c1-14(2)6-5-10(8-14)15-9-12-4-3-11(18-12)7-13(16)17/h3-4,10,15H,5-9H2,1-2H3,(H,16,17). The van der Waals surface area contributed by atoms with Gasteiger partial charge >= 0.3 is 5.97 Å². The summed E-state index contributed by atoms with van der Waals surface area (Å²) in [6.07, 6.45) is 3.92. The lowest BCUT2D eigenvalue weighted by atomic mass is 9.92. The van der Waals surface area contributed by atoms with Crippen molar-refractivity contribution in [1.29, 1.82) is 0 Å². The minimum absolute atomic E-state index is 0.140. The third kappa shape index (κ3) is 3.82. The van der Waals surface area contributed by atoms with Crippen LogP contribution in [0.4, 0.5) is 0 Å². The van der Waals surface area contributed by atoms with Gasteiger partial charge in [0, 0.05) is 22.3 Å². The molecule has 2 rings (SSSR count). The van der Waals surface area contributed by atoms with Crippen molar-refractivity contribution in [1.82, 2.24) is 5.32 Å². The van der Waals surface area contributed by atoms with E-state index >= 15 is 0 Å². The molecular weight excluding hydrogens is 246 g/mol. The highest BCUT2D eigenvalue weighted by Crippen LogP contribution is 2.37. The van der Waals surface area contributed by atoms with E-state index < -0.39 is 5.97 Å². The maximum Gasteiger partial charge on any atom is 0.308 e. The molecule has 0 amide bonds. The summed E-state index contributed by atoms with van der Waals surface area (Å²) in [5, 5.41) is 12.3. The Morgan fingerprint density at radius 2 is 2.22 bits per heavy atom. The van der Waals surface area contributed by atoms with Crippen molar-refractivity contribution in [2.75, 3.05) is 0 Å². The SMILES string of the molecule is CC1(C)CCC(NCc2ccc(CC(=O)O)s2)C1. The molecule has 0 saturated heterocycles. The summed E-state index contributed by atoms with van der Waals surface area (Å²) < 4.78 is 0. The summed E-state index contributed by atoms with van der Waals surface area (Å²) in [7, 11) is 0. The first-order valence-electron chi connectivity index (χ1n) is 6.47. The quantitative estimate of drug-likeness (QED) is 0.862. The fourth-order valence-electron chi connectivity index (χ4n) is 2.62. The van der Waals surface area contributed by atoms with Gasteiger partial charge in [-0.05, 0) is 36.8 Å². The molecule has 1 aliphatic rings. The molecular formula is C14H21NO2S. The van der Waals surface area contributed by atoms with Gasteiger partial charge in [0.2, 0.25) is 0 Å². The highest BCUT2D eigenvalue weighted by molar-refractivity contribution is 7.12. The van der Waals surface area contributed by atoms with E-state index in [0.29, 0.717) is 11.5 Å². The minimum Gasteiger partial charge on any atom is -0.481 e. The molecule has 1 atom stereocenters. The Morgan fingerprint density at radius 1 is 1.50 bits per heavy atom. The van der Waals surface area contributed by atoms with Gasteiger partial charge in [-0.3, -0.25) is 4.79 Å². The van der Waals surface area contributed by atoms with Crippen LogP contribution in [-0.4, -0.2) is 17.1 Å². The predicted molar refractivity (Wildman–Crippen MR) is 73.9 cm³/mol. The van der Waals surface area contributed by atoms with Crippen LogP contribution in [0.3, 0.4) is 0 Å². The summed E-state index contributed by atoms with van der Waals surface area (Å²) in [6, 6.07) is 4.58. The number of aliphatic carboxylic acids is 1. The molecule has 1 fully saturated rings. The molecule has 3 nitrogen and oxygen atoms in total. The second kappa shape index (κ2) is 5.41. The summed E-state index contributed by atoms with van der Waals surface area (Å²) >= 11 is 1.60. The van der Waals surface area contributed by atoms with Gasteiger partial charge in [-0.2, -0.15) is 0 Å². The molecule has 4 heteroatoms. The van der Waals surface area contributed by atoms with Gasteiger partial charge in [0.25, 0.3) is 0 Å². The second-order valence-electron chi connectivity index (χ2n) is 5.92. The van der Waals surface area contributed by atoms with Crippen LogP contribution in [-0.2, 0) is 17.8 Å². The fraction of sp³-hybridized carbons (Fsp3) is 0.643. The van der Waals surface area contributed by atoms with Gasteiger partial charge in [-0.1, -0.05) is 13.8 Å². The Bertz CT molecular complexity index is 425. The molecule has 0 aliphatic heterocycles. The Balaban J connectivity index is 1.80. The molecule has 2 N–H and O–H groups in total. The Morgan fingerprint density at radius 3 is 2.83 bits per heavy atom. The van der Waals surface area contributed by atoms with E-state index in [0.717, 1.165) is 11.4 Å². The van der Waals surface area contributed by atoms with Crippen molar-refractivity contribution < 1.29 is 9.90 Å². The Labute approximate surface area is 112 Å². The van der Waals surface area contributed by atoms with Crippen LogP contribution in [0.15, 0.2) is 12.1 Å². The number of hydrogen-bond donors (Lipinski definition) is 2. The number of nitrogens with one attached hydrogen (secondary N) is 1. The van der Waals surface area contributed by atoms with Crippen molar-refractivity contribution in [3.63, 3.8) is 0 Å². The minimum atomic E-state index is -0.756. The van der Waals surface area contributed by atoms with Gasteiger partial charge in [-0.15, -0.1) is 11.3 Å². The Kier molecular flexibility index (Phi) is 4.07. The van der Waals surface area contributed by atoms with Crippen LogP contribution >= 0.6 is 11.3 Å². The summed E-state index contributed by atoms with van der Waals surface area (Å²) in [5.74, 6) is -0.756. The molecule has 1 aliphatic carbocycles. The third-order valence-corrected chi connectivity index (χ3v) is 4.66. The molecule has 1 aromatic rings. The van der Waals surface area contributed by atoms with Crippen molar-refractivity contribution in [2.24, 2.45) is 5.41 Å². The molecule has 1 heterocycles. The lowest BCUT2D eigenvalue weighted by Gasteiger charge is -2.17. The zero-order chi connectivity index (χ0) is 13.2. The second-order valence-corrected chi connectivity index (χ2v) is 7.18. The lowest BCUT2D eigenvalue weighted by Crippen LogP contribution is -2.26. The molecule has 0 aromatic carbocycles. The number of thiophene rings is 1. The number of rotatable bonds is 5. The molecule has 0 radical (unpaired) electrons. The van der Waals surface area contributed by atoms with Crippen LogP contribution in [0.2, 0.25) is 0 Å². The van der Waals surface area contributed by atoms with Gasteiger partial charge < -0.3 is 10.4 Å². The maximum atomic E-state index is 10.6. The van der Waals surface area contributed by atoms with Crippen molar-refractivity contribution in [3.8, 4) is 0 Å². The van der Waals surface area contributed by atoms with Gasteiger partial charge in [-0.25, -0.2) is 0 Å². The molecule has 1 saturated carbocycles. The zero-order valence-corrected chi connectivity index (χ0v) is 11.8. The average Bonchev–Trinajstić information content (AvgIpc) is 2.81. The summed E-state index contributed by atoms with van der Waals surface area (Å²) in [4.78, 5) is 12.8. The maximum absolute atomic E-state index is 10.6. The highest BCUT2D eigenvalue weighted by Gasteiger charge is 2.30. The van der Waals surface area contributed by atoms with Crippen molar-refractivity contribution >= 4 is 17.3 Å². The van der Waals surface area contributed by atoms with E-state index in [4.69, 9.17) is 5.11 Å². The number of carboxylic acid groups (broad SMARTS) is 1. The van der Waals surface area contributed by atoms with Crippen LogP contribution in [0.1, 0.15) is 42.9 Å². The van der Waals surface area contributed by atoms with E-state index in [1.165, 1.54) is 24.1 Å². The molecule has 0 spiro atoms. The topological polar surface area (TPSA) is 49.3 Å². The predicted octanol–water partition coefficient (Wildman–Crippen LogP) is 3.04. The summed E-state index contributed by atoms with van der Waals surface area (Å²) in [5.41, 5.74) is 0.474. The molecule has 0 bridgehead atoms. The molecule has 1 aromatic heterocycles. The van der Waals surface area contributed by atoms with Gasteiger partial charge in [0.15, 0.2) is 0 Å². The first kappa shape index (κ1) is 13.6. The van der Waals surface area contributed by atoms with Gasteiger partial charge in [0.1, 0.15) is 0 Å². The van der Waals surface area contributed by atoms with Gasteiger partial charge in [0.05, 0.1) is 6.42 Å². The van der Waals surface area contributed by atoms with Crippen LogP contribution in [0.25, 0.3) is 0 Å². The fourth-order valence-corrected chi connectivity index (χ4v) is 3.58. The number of hydrogen-bond acceptors (Lipinski definition) is 3. The number of carboxylic acids is 1. The largest absolute Gasteiger partial charge is 0.481 e. The van der Waals surface area contributed by atoms with E-state index in [1.54, 1.807) is 11.3 Å². The van der Waals surface area contributed by atoms with Crippen LogP contribution in [0, 0.1) is 5.41 Å². The zero-order valence-electron chi connectivity index (χ0n) is 11.0. The smallest absolute Gasteiger partial charge is 0.308 e. The number of carbonyl (C=O) groups is 1. The highest BCUT2D eigenvalue weighted by atomic mass is 32.1. The first-order valence-corrected chi connectivity index (χ1v) is 7.29. The Hall–Kier alpha value is -0.870. The van der Waals surface area contributed by atoms with Crippen molar-refractivity contribution in [2.45, 2.75) is 52.1 Å². The normalized spacial score (nSPS) is 22.2. The lowest BCUT2D eigenvalue weighted by molar-refractivity contribution is -0.136. The summed E-state index contributed by atoms with van der Waals surface area (Å²) in [6.45, 7) is 5.51. The molecule has 1 unspecified atom stereocenters. The average molecular weight is 267 g/mol. The van der Waals surface area contributed by atoms with E-state index in [2.05, 4.69) is 19.2 Å². The first-order chi connectivity index (χ1) is 8.44. The van der Waals surface area contributed by atoms with E-state index in [9.17, 15) is 4.79 Å². The van der Waals surface area contributed by atoms with Crippen molar-refractivity contribution in [3.05, 3.63) is 21.9 Å². The third-order valence-electron chi connectivity index (χ3n) is 3.58.